The molecule has 6 heteroatoms. The van der Waals surface area contributed by atoms with E-state index >= 15 is 0 Å². The lowest BCUT2D eigenvalue weighted by Crippen LogP contribution is -2.40. The van der Waals surface area contributed by atoms with Gasteiger partial charge < -0.3 is 20.1 Å². The van der Waals surface area contributed by atoms with Gasteiger partial charge in [-0.2, -0.15) is 0 Å². The molecule has 1 amide bonds. The molecule has 1 aromatic heterocycles. The van der Waals surface area contributed by atoms with Crippen LogP contribution in [0, 0.1) is 0 Å². The Morgan fingerprint density at radius 3 is 2.06 bits per heavy atom. The summed E-state index contributed by atoms with van der Waals surface area (Å²) in [5.74, 6) is 0.0829. The van der Waals surface area contributed by atoms with Crippen LogP contribution in [-0.2, 0) is 17.7 Å². The highest BCUT2D eigenvalue weighted by atomic mass is 16.5. The van der Waals surface area contributed by atoms with Gasteiger partial charge in [-0.25, -0.2) is 4.98 Å². The monoisotopic (exact) mass is 641 g/mol. The van der Waals surface area contributed by atoms with Gasteiger partial charge in [-0.3, -0.25) is 4.79 Å². The number of carbonyl (C=O) groups excluding carboxylic acids is 1. The molecule has 0 spiro atoms. The number of carbonyl (C=O) groups is 1. The van der Waals surface area contributed by atoms with Gasteiger partial charge in [-0.1, -0.05) is 121 Å². The molecule has 1 saturated heterocycles. The van der Waals surface area contributed by atoms with E-state index in [0.717, 1.165) is 34.7 Å². The Labute approximate surface area is 284 Å². The molecule has 256 valence electrons. The van der Waals surface area contributed by atoms with Gasteiger partial charge in [-0.05, 0) is 63.2 Å². The summed E-state index contributed by atoms with van der Waals surface area (Å²) in [5.41, 5.74) is 4.14. The van der Waals surface area contributed by atoms with Crippen molar-refractivity contribution in [1.29, 1.82) is 0 Å². The molecule has 6 nitrogen and oxygen atoms in total. The average Bonchev–Trinajstić information content (AvgIpc) is 3.14. The van der Waals surface area contributed by atoms with E-state index in [9.17, 15) is 9.90 Å². The number of hydrogen-bond donors (Lipinski definition) is 2. The molecule has 0 radical (unpaired) electrons. The fourth-order valence-corrected chi connectivity index (χ4v) is 6.11. The van der Waals surface area contributed by atoms with Crippen molar-refractivity contribution in [2.45, 2.75) is 105 Å². The Morgan fingerprint density at radius 2 is 1.55 bits per heavy atom. The van der Waals surface area contributed by atoms with Gasteiger partial charge in [0.25, 0.3) is 5.91 Å². The number of piperidine rings is 1. The van der Waals surface area contributed by atoms with Crippen molar-refractivity contribution in [3.8, 4) is 11.3 Å². The van der Waals surface area contributed by atoms with Crippen molar-refractivity contribution < 1.29 is 14.6 Å². The van der Waals surface area contributed by atoms with E-state index in [1.54, 1.807) is 6.08 Å². The van der Waals surface area contributed by atoms with Crippen LogP contribution >= 0.6 is 0 Å². The molecule has 2 N–H and O–H groups in total. The molecule has 1 aliphatic heterocycles. The Kier molecular flexibility index (Phi) is 18.9. The zero-order chi connectivity index (χ0) is 34.4. The second-order valence-electron chi connectivity index (χ2n) is 11.5. The Hall–Kier alpha value is -3.90. The van der Waals surface area contributed by atoms with Gasteiger partial charge in [0.1, 0.15) is 6.26 Å². The summed E-state index contributed by atoms with van der Waals surface area (Å²) in [6, 6.07) is 20.5. The van der Waals surface area contributed by atoms with Crippen LogP contribution in [0.1, 0.15) is 108 Å². The minimum atomic E-state index is -0.167. The quantitative estimate of drug-likeness (QED) is 0.195. The first-order valence-electron chi connectivity index (χ1n) is 17.7. The molecule has 0 aliphatic carbocycles. The predicted octanol–water partition coefficient (Wildman–Crippen LogP) is 8.34. The van der Waals surface area contributed by atoms with Crippen molar-refractivity contribution in [2.24, 2.45) is 0 Å². The van der Waals surface area contributed by atoms with Crippen LogP contribution in [0.25, 0.3) is 23.4 Å². The number of aromatic nitrogens is 1. The number of rotatable bonds is 12. The number of aliphatic hydroxyl groups is 1. The molecule has 1 fully saturated rings. The fraction of sp³-hybridized carbons (Fsp3) is 0.463. The van der Waals surface area contributed by atoms with Crippen LogP contribution in [0.3, 0.4) is 0 Å². The van der Waals surface area contributed by atoms with Crippen LogP contribution in [0.2, 0.25) is 0 Å². The van der Waals surface area contributed by atoms with Crippen molar-refractivity contribution in [3.05, 3.63) is 99.9 Å². The summed E-state index contributed by atoms with van der Waals surface area (Å²) in [7, 11) is 1.47. The van der Waals surface area contributed by atoms with Crippen LogP contribution in [-0.4, -0.2) is 47.1 Å². The molecule has 0 atom stereocenters. The highest BCUT2D eigenvalue weighted by Crippen LogP contribution is 2.23. The van der Waals surface area contributed by atoms with E-state index in [1.807, 2.05) is 94.4 Å². The lowest BCUT2D eigenvalue weighted by molar-refractivity contribution is 0.0948. The minimum absolute atomic E-state index is 0.167. The lowest BCUT2D eigenvalue weighted by Gasteiger charge is -2.34. The molecule has 2 heterocycles. The van der Waals surface area contributed by atoms with Crippen LogP contribution in [0.5, 0.6) is 0 Å². The zero-order valence-electron chi connectivity index (χ0n) is 30.0. The molecule has 3 aromatic rings. The van der Waals surface area contributed by atoms with E-state index in [2.05, 4.69) is 24.1 Å². The fourth-order valence-electron chi connectivity index (χ4n) is 6.11. The highest BCUT2D eigenvalue weighted by molar-refractivity contribution is 5.97. The summed E-state index contributed by atoms with van der Waals surface area (Å²) < 4.78 is 5.21. The number of methoxy groups -OCH3 is 1. The molecule has 1 aliphatic rings. The van der Waals surface area contributed by atoms with E-state index in [0.29, 0.717) is 29.1 Å². The van der Waals surface area contributed by atoms with Crippen molar-refractivity contribution in [1.82, 2.24) is 15.2 Å². The van der Waals surface area contributed by atoms with E-state index in [4.69, 9.17) is 9.72 Å². The summed E-state index contributed by atoms with van der Waals surface area (Å²) in [6.45, 7) is 15.7. The second kappa shape index (κ2) is 22.6. The van der Waals surface area contributed by atoms with Crippen molar-refractivity contribution in [3.63, 3.8) is 0 Å². The number of pyridine rings is 1. The maximum absolute atomic E-state index is 13.5. The van der Waals surface area contributed by atoms with Gasteiger partial charge in [0.2, 0.25) is 0 Å². The van der Waals surface area contributed by atoms with Gasteiger partial charge in [-0.15, -0.1) is 0 Å². The summed E-state index contributed by atoms with van der Waals surface area (Å²) in [5, 5.41) is 13.8. The summed E-state index contributed by atoms with van der Waals surface area (Å²) in [6.07, 6.45) is 14.9. The molecule has 47 heavy (non-hydrogen) atoms. The van der Waals surface area contributed by atoms with Crippen LogP contribution < -0.4 is 15.9 Å². The highest BCUT2D eigenvalue weighted by Gasteiger charge is 2.20. The van der Waals surface area contributed by atoms with E-state index in [-0.39, 0.29) is 11.7 Å². The van der Waals surface area contributed by atoms with Gasteiger partial charge in [0, 0.05) is 29.4 Å². The number of aliphatic hydroxyl groups excluding tert-OH is 1. The number of likely N-dealkylation sites (tertiary alicyclic amines) is 1. The zero-order valence-corrected chi connectivity index (χ0v) is 30.0. The summed E-state index contributed by atoms with van der Waals surface area (Å²) in [4.78, 5) is 21.1. The second-order valence-corrected chi connectivity index (χ2v) is 11.5. The number of amides is 1. The molecule has 0 unspecified atom stereocenters. The van der Waals surface area contributed by atoms with Crippen molar-refractivity contribution in [2.75, 3.05) is 20.2 Å². The topological polar surface area (TPSA) is 74.7 Å². The first-order chi connectivity index (χ1) is 23.0. The van der Waals surface area contributed by atoms with Crippen LogP contribution in [0.15, 0.2) is 72.7 Å². The van der Waals surface area contributed by atoms with E-state index in [1.165, 1.54) is 65.1 Å². The Morgan fingerprint density at radius 1 is 0.957 bits per heavy atom. The third-order valence-electron chi connectivity index (χ3n) is 8.37. The largest absolute Gasteiger partial charge is 0.512 e. The molecular weight excluding hydrogens is 582 g/mol. The maximum Gasteiger partial charge on any atom is 0.252 e. The Balaban J connectivity index is 0.000000427. The third-order valence-corrected chi connectivity index (χ3v) is 8.37. The van der Waals surface area contributed by atoms with Gasteiger partial charge in [0.15, 0.2) is 5.76 Å². The number of ether oxygens (including phenoxy) is 1. The smallest absolute Gasteiger partial charge is 0.252 e. The van der Waals surface area contributed by atoms with Gasteiger partial charge >= 0.3 is 0 Å². The Bertz CT molecular complexity index is 1460. The molecule has 2 aromatic carbocycles. The van der Waals surface area contributed by atoms with E-state index < -0.39 is 0 Å². The standard InChI is InChI=1S/C27H28N2O3.C12H25N.C2H6/c1-4-22-24(16-21(18-30)32-3)29-26(20-14-10-7-11-15-20)23(5-2)25(22)27(31)28-17-19-12-8-6-9-13-19;1-3-8-12(9-4-2)13-10-6-5-7-11-13;1-2/h4,6-16,18,30H,5,17H2,1-3H3,(H,28,31);12H,3-11H2,1-2H3;1-2H3/b21-18-,22-4+,24-16+;;. The summed E-state index contributed by atoms with van der Waals surface area (Å²) >= 11 is 0. The number of allylic oxidation sites excluding steroid dienone is 1. The molecule has 0 saturated carbocycles. The SMILES string of the molecule is C/C=c1/c(C(=O)NCc2ccccc2)c(CC)c(-c2ccccc2)n/c1=C/C(=C/O)OC.CC.CCCC(CCC)N1CCCCC1. The lowest BCUT2D eigenvalue weighted by atomic mass is 9.96. The molecule has 4 rings (SSSR count). The third kappa shape index (κ3) is 12.0. The first kappa shape index (κ1) is 39.3. The molecule has 0 bridgehead atoms. The minimum Gasteiger partial charge on any atom is -0.512 e. The normalized spacial score (nSPS) is 14.2. The number of hydrogen-bond acceptors (Lipinski definition) is 5. The number of nitrogens with zero attached hydrogens (tertiary/aromatic N) is 2. The average molecular weight is 642 g/mol. The van der Waals surface area contributed by atoms with Crippen LogP contribution in [0.4, 0.5) is 0 Å². The van der Waals surface area contributed by atoms with Crippen molar-refractivity contribution >= 4 is 18.1 Å². The molecular formula is C41H59N3O3. The van der Waals surface area contributed by atoms with Gasteiger partial charge in [0.05, 0.1) is 23.7 Å². The maximum atomic E-state index is 13.5. The number of benzene rings is 2. The number of nitrogens with one attached hydrogen (secondary N) is 1. The first-order valence-corrected chi connectivity index (χ1v) is 17.7. The predicted molar refractivity (Wildman–Crippen MR) is 199 cm³/mol.